The van der Waals surface area contributed by atoms with E-state index in [0.717, 1.165) is 33.7 Å². The van der Waals surface area contributed by atoms with E-state index in [2.05, 4.69) is 220 Å². The van der Waals surface area contributed by atoms with Gasteiger partial charge in [-0.25, -0.2) is 0 Å². The van der Waals surface area contributed by atoms with Crippen molar-refractivity contribution < 1.29 is 9.31 Å². The molecule has 1 heterocycles. The Labute approximate surface area is 341 Å². The lowest BCUT2D eigenvalue weighted by molar-refractivity contribution is 0.0842. The summed E-state index contributed by atoms with van der Waals surface area (Å²) < 4.78 is 12.4. The molecular weight excluding hydrogens is 705 g/mol. The van der Waals surface area contributed by atoms with Crippen LogP contribution in [-0.4, -0.2) is 18.8 Å². The third-order valence-electron chi connectivity index (χ3n) is 12.8. The highest BCUT2D eigenvalue weighted by Crippen LogP contribution is 2.63. The van der Waals surface area contributed by atoms with Gasteiger partial charge in [0.15, 0.2) is 0 Å². The second kappa shape index (κ2) is 13.3. The maximum Gasteiger partial charge on any atom is 0.494 e. The van der Waals surface area contributed by atoms with Crippen molar-refractivity contribution in [2.24, 2.45) is 0 Å². The zero-order chi connectivity index (χ0) is 39.0. The molecule has 278 valence electrons. The van der Waals surface area contributed by atoms with Gasteiger partial charge in [-0.2, -0.15) is 0 Å². The monoisotopic (exact) mass is 747 g/mol. The molecule has 11 rings (SSSR count). The van der Waals surface area contributed by atoms with Crippen LogP contribution in [0.25, 0.3) is 44.5 Å². The van der Waals surface area contributed by atoms with Gasteiger partial charge in [-0.3, -0.25) is 0 Å². The van der Waals surface area contributed by atoms with Gasteiger partial charge in [0, 0.05) is 16.9 Å². The van der Waals surface area contributed by atoms with Crippen LogP contribution in [0.1, 0.15) is 43.0 Å². The first-order chi connectivity index (χ1) is 28.4. The van der Waals surface area contributed by atoms with Crippen LogP contribution in [0.4, 0.5) is 17.1 Å². The van der Waals surface area contributed by atoms with E-state index < -0.39 is 5.41 Å². The zero-order valence-electron chi connectivity index (χ0n) is 32.9. The lowest BCUT2D eigenvalue weighted by Crippen LogP contribution is -2.34. The summed E-state index contributed by atoms with van der Waals surface area (Å²) >= 11 is 0. The molecule has 0 aromatic heterocycles. The van der Waals surface area contributed by atoms with Crippen LogP contribution in [0.2, 0.25) is 0 Å². The Balaban J connectivity index is 1.07. The van der Waals surface area contributed by atoms with Crippen molar-refractivity contribution in [1.29, 1.82) is 0 Å². The minimum Gasteiger partial charge on any atom is -0.402 e. The number of benzene rings is 8. The van der Waals surface area contributed by atoms with E-state index in [9.17, 15) is 0 Å². The Morgan fingerprint density at radius 2 is 0.931 bits per heavy atom. The summed E-state index contributed by atoms with van der Waals surface area (Å²) in [4.78, 5) is 2.44. The van der Waals surface area contributed by atoms with E-state index in [4.69, 9.17) is 9.31 Å². The van der Waals surface area contributed by atoms with Crippen LogP contribution in [0, 0.1) is 0 Å². The van der Waals surface area contributed by atoms with Crippen LogP contribution < -0.4 is 10.4 Å². The first-order valence-corrected chi connectivity index (χ1v) is 20.3. The number of fused-ring (bicyclic) bond motifs is 10. The highest BCUT2D eigenvalue weighted by molar-refractivity contribution is 6.62. The van der Waals surface area contributed by atoms with Gasteiger partial charge in [-0.15, -0.1) is 0 Å². The third kappa shape index (κ3) is 5.22. The fraction of sp³-hybridized carbons (Fsp3) is 0.111. The van der Waals surface area contributed by atoms with Crippen LogP contribution in [0.5, 0.6) is 0 Å². The minimum atomic E-state index is -0.432. The topological polar surface area (TPSA) is 21.7 Å². The van der Waals surface area contributed by atoms with Crippen LogP contribution >= 0.6 is 0 Å². The van der Waals surface area contributed by atoms with Crippen molar-refractivity contribution in [1.82, 2.24) is 0 Å². The molecule has 2 aliphatic carbocycles. The molecule has 8 aromatic rings. The minimum absolute atomic E-state index is 0.0241. The molecule has 1 unspecified atom stereocenters. The fourth-order valence-corrected chi connectivity index (χ4v) is 9.71. The van der Waals surface area contributed by atoms with Gasteiger partial charge in [-0.05, 0) is 118 Å². The summed E-state index contributed by atoms with van der Waals surface area (Å²) in [7, 11) is -0.356. The highest BCUT2D eigenvalue weighted by atomic mass is 16.7. The van der Waals surface area contributed by atoms with Gasteiger partial charge < -0.3 is 14.2 Å². The molecule has 1 aliphatic heterocycles. The molecular formula is C54H42BNO2. The Bertz CT molecular complexity index is 2780. The summed E-state index contributed by atoms with van der Waals surface area (Å²) in [5, 5.41) is 0. The molecule has 1 saturated heterocycles. The van der Waals surface area contributed by atoms with Crippen molar-refractivity contribution in [3.63, 3.8) is 0 Å². The van der Waals surface area contributed by atoms with Crippen molar-refractivity contribution >= 4 is 29.6 Å². The second-order valence-corrected chi connectivity index (χ2v) is 16.3. The molecule has 0 bridgehead atoms. The molecule has 58 heavy (non-hydrogen) atoms. The Hall–Kier alpha value is -6.46. The standard InChI is InChI=1S/C54H42BNO2/c1-36-53(2,3)58-55(57-36)40-29-25-37(26-30-40)38-27-31-41(32-28-38)56(52-24-14-10-17-43(52)39-15-5-4-6-16-39)42-33-34-47-46-20-9-13-23-50(46)54(51(47)35-42)48-21-11-7-18-44(48)45-19-8-12-22-49(45)54/h4-36H,1-3H3. The lowest BCUT2D eigenvalue weighted by Gasteiger charge is -2.32. The molecule has 3 aliphatic rings. The predicted octanol–water partition coefficient (Wildman–Crippen LogP) is 12.7. The third-order valence-corrected chi connectivity index (χ3v) is 12.8. The molecule has 4 heteroatoms. The average molecular weight is 748 g/mol. The maximum atomic E-state index is 6.24. The molecule has 3 nitrogen and oxygen atoms in total. The summed E-state index contributed by atoms with van der Waals surface area (Å²) in [6.45, 7) is 6.24. The molecule has 0 saturated carbocycles. The van der Waals surface area contributed by atoms with Crippen LogP contribution in [-0.2, 0) is 14.7 Å². The van der Waals surface area contributed by atoms with Crippen LogP contribution in [0.15, 0.2) is 194 Å². The summed E-state index contributed by atoms with van der Waals surface area (Å²) in [5.41, 5.74) is 18.8. The molecule has 1 spiro atoms. The quantitative estimate of drug-likeness (QED) is 0.158. The van der Waals surface area contributed by atoms with Gasteiger partial charge in [0.2, 0.25) is 0 Å². The first-order valence-electron chi connectivity index (χ1n) is 20.3. The zero-order valence-corrected chi connectivity index (χ0v) is 32.9. The van der Waals surface area contributed by atoms with E-state index in [1.54, 1.807) is 0 Å². The summed E-state index contributed by atoms with van der Waals surface area (Å²) in [6.07, 6.45) is 0.0241. The number of para-hydroxylation sites is 1. The van der Waals surface area contributed by atoms with Crippen molar-refractivity contribution in [3.05, 3.63) is 216 Å². The number of hydrogen-bond donors (Lipinski definition) is 0. The number of hydrogen-bond acceptors (Lipinski definition) is 3. The maximum absolute atomic E-state index is 6.24. The summed E-state index contributed by atoms with van der Waals surface area (Å²) in [5.74, 6) is 0. The molecule has 0 radical (unpaired) electrons. The second-order valence-electron chi connectivity index (χ2n) is 16.3. The van der Waals surface area contributed by atoms with E-state index >= 15 is 0 Å². The first kappa shape index (κ1) is 34.8. The van der Waals surface area contributed by atoms with E-state index in [0.29, 0.717) is 0 Å². The molecule has 8 aromatic carbocycles. The van der Waals surface area contributed by atoms with Gasteiger partial charge in [-0.1, -0.05) is 164 Å². The Morgan fingerprint density at radius 1 is 0.448 bits per heavy atom. The van der Waals surface area contributed by atoms with Gasteiger partial charge in [0.1, 0.15) is 0 Å². The van der Waals surface area contributed by atoms with Crippen LogP contribution in [0.3, 0.4) is 0 Å². The number of anilines is 3. The van der Waals surface area contributed by atoms with E-state index in [1.807, 2.05) is 0 Å². The smallest absolute Gasteiger partial charge is 0.402 e. The fourth-order valence-electron chi connectivity index (χ4n) is 9.71. The molecule has 1 atom stereocenters. The number of nitrogens with zero attached hydrogens (tertiary/aromatic N) is 1. The molecule has 0 N–H and O–H groups in total. The number of rotatable bonds is 6. The largest absolute Gasteiger partial charge is 0.494 e. The lowest BCUT2D eigenvalue weighted by atomic mass is 9.70. The van der Waals surface area contributed by atoms with Gasteiger partial charge in [0.05, 0.1) is 22.8 Å². The van der Waals surface area contributed by atoms with Gasteiger partial charge in [0.25, 0.3) is 0 Å². The van der Waals surface area contributed by atoms with E-state index in [-0.39, 0.29) is 18.8 Å². The molecule has 0 amide bonds. The summed E-state index contributed by atoms with van der Waals surface area (Å²) in [6, 6.07) is 71.3. The average Bonchev–Trinajstić information content (AvgIpc) is 3.85. The highest BCUT2D eigenvalue weighted by Gasteiger charge is 2.51. The molecule has 1 fully saturated rings. The normalized spacial score (nSPS) is 16.5. The predicted molar refractivity (Wildman–Crippen MR) is 239 cm³/mol. The van der Waals surface area contributed by atoms with Gasteiger partial charge >= 0.3 is 7.12 Å². The Kier molecular flexibility index (Phi) is 7.98. The SMILES string of the molecule is CC1OB(c2ccc(-c3ccc(N(c4ccc5c(c4)C4(c6ccccc6-c6ccccc64)c4ccccc4-5)c4ccccc4-c4ccccc4)cc3)cc2)OC1(C)C. The van der Waals surface area contributed by atoms with Crippen molar-refractivity contribution in [2.75, 3.05) is 4.90 Å². The van der Waals surface area contributed by atoms with Crippen molar-refractivity contribution in [2.45, 2.75) is 37.9 Å². The van der Waals surface area contributed by atoms with Crippen molar-refractivity contribution in [3.8, 4) is 44.5 Å². The van der Waals surface area contributed by atoms with E-state index in [1.165, 1.54) is 55.6 Å². The Morgan fingerprint density at radius 3 is 1.50 bits per heavy atom.